The molecule has 1 amide bonds. The zero-order chi connectivity index (χ0) is 27.2. The predicted molar refractivity (Wildman–Crippen MR) is 161 cm³/mol. The van der Waals surface area contributed by atoms with Crippen molar-refractivity contribution in [3.05, 3.63) is 36.5 Å². The summed E-state index contributed by atoms with van der Waals surface area (Å²) in [7, 11) is 0. The Balaban J connectivity index is 3.68. The van der Waals surface area contributed by atoms with Gasteiger partial charge in [0.15, 0.2) is 0 Å². The van der Waals surface area contributed by atoms with E-state index < -0.39 is 12.1 Å². The predicted octanol–water partition coefficient (Wildman–Crippen LogP) is 8.72. The van der Waals surface area contributed by atoms with E-state index in [0.29, 0.717) is 6.42 Å². The summed E-state index contributed by atoms with van der Waals surface area (Å²) in [5, 5.41) is 22.7. The van der Waals surface area contributed by atoms with E-state index in [9.17, 15) is 15.0 Å². The van der Waals surface area contributed by atoms with E-state index in [1.807, 2.05) is 6.08 Å². The summed E-state index contributed by atoms with van der Waals surface area (Å²) in [6.45, 7) is 4.15. The van der Waals surface area contributed by atoms with Crippen LogP contribution in [-0.4, -0.2) is 34.9 Å². The number of hydrogen-bond acceptors (Lipinski definition) is 3. The Kier molecular flexibility index (Phi) is 28.1. The maximum absolute atomic E-state index is 12.2. The molecule has 0 aliphatic heterocycles. The molecule has 0 saturated carbocycles. The van der Waals surface area contributed by atoms with Crippen LogP contribution in [0.15, 0.2) is 36.5 Å². The molecule has 0 aromatic rings. The van der Waals surface area contributed by atoms with Crippen LogP contribution in [0.2, 0.25) is 0 Å². The van der Waals surface area contributed by atoms with Crippen molar-refractivity contribution in [2.45, 2.75) is 161 Å². The molecule has 0 bridgehead atoms. The zero-order valence-electron chi connectivity index (χ0n) is 24.5. The molecule has 0 heterocycles. The first-order chi connectivity index (χ1) is 18.2. The van der Waals surface area contributed by atoms with Gasteiger partial charge in [-0.25, -0.2) is 0 Å². The lowest BCUT2D eigenvalue weighted by atomic mass is 10.0. The highest BCUT2D eigenvalue weighted by Crippen LogP contribution is 2.14. The molecule has 37 heavy (non-hydrogen) atoms. The van der Waals surface area contributed by atoms with Gasteiger partial charge in [0.05, 0.1) is 18.8 Å². The van der Waals surface area contributed by atoms with Gasteiger partial charge in [-0.2, -0.15) is 0 Å². The highest BCUT2D eigenvalue weighted by atomic mass is 16.3. The van der Waals surface area contributed by atoms with E-state index in [2.05, 4.69) is 43.5 Å². The van der Waals surface area contributed by atoms with Gasteiger partial charge in [0, 0.05) is 6.42 Å². The van der Waals surface area contributed by atoms with Crippen LogP contribution in [0.4, 0.5) is 0 Å². The smallest absolute Gasteiger partial charge is 0.220 e. The number of amides is 1. The maximum Gasteiger partial charge on any atom is 0.220 e. The van der Waals surface area contributed by atoms with E-state index in [4.69, 9.17) is 0 Å². The highest BCUT2D eigenvalue weighted by molar-refractivity contribution is 5.76. The van der Waals surface area contributed by atoms with Gasteiger partial charge in [-0.3, -0.25) is 4.79 Å². The van der Waals surface area contributed by atoms with E-state index in [0.717, 1.165) is 44.9 Å². The molecule has 0 aromatic heterocycles. The van der Waals surface area contributed by atoms with Crippen LogP contribution in [0.1, 0.15) is 149 Å². The highest BCUT2D eigenvalue weighted by Gasteiger charge is 2.17. The van der Waals surface area contributed by atoms with Crippen LogP contribution in [0.25, 0.3) is 0 Å². The van der Waals surface area contributed by atoms with Crippen LogP contribution >= 0.6 is 0 Å². The average molecular weight is 520 g/mol. The third kappa shape index (κ3) is 26.0. The molecule has 0 aliphatic rings. The van der Waals surface area contributed by atoms with Gasteiger partial charge in [0.25, 0.3) is 0 Å². The Labute approximate surface area is 230 Å². The number of unbranched alkanes of at least 4 members (excludes halogenated alkanes) is 16. The molecule has 0 aliphatic carbocycles. The lowest BCUT2D eigenvalue weighted by Crippen LogP contribution is -2.45. The van der Waals surface area contributed by atoms with Crippen LogP contribution in [0, 0.1) is 0 Å². The van der Waals surface area contributed by atoms with Crippen molar-refractivity contribution >= 4 is 5.91 Å². The van der Waals surface area contributed by atoms with Gasteiger partial charge in [-0.05, 0) is 38.5 Å². The molecule has 0 spiro atoms. The Morgan fingerprint density at radius 2 is 1.08 bits per heavy atom. The first-order valence-corrected chi connectivity index (χ1v) is 15.7. The van der Waals surface area contributed by atoms with Crippen molar-refractivity contribution in [1.29, 1.82) is 0 Å². The number of nitrogens with one attached hydrogen (secondary N) is 1. The molecule has 2 unspecified atom stereocenters. The van der Waals surface area contributed by atoms with E-state index >= 15 is 0 Å². The number of carbonyl (C=O) groups is 1. The second kappa shape index (κ2) is 29.2. The molecule has 0 radical (unpaired) electrons. The number of rotatable bonds is 27. The maximum atomic E-state index is 12.2. The summed E-state index contributed by atoms with van der Waals surface area (Å²) in [6.07, 6.45) is 36.5. The summed E-state index contributed by atoms with van der Waals surface area (Å²) in [5.41, 5.74) is 0. The molecule has 0 aromatic carbocycles. The normalized spacial score (nSPS) is 13.7. The van der Waals surface area contributed by atoms with Crippen molar-refractivity contribution in [1.82, 2.24) is 5.32 Å². The van der Waals surface area contributed by atoms with Crippen LogP contribution in [0.3, 0.4) is 0 Å². The summed E-state index contributed by atoms with van der Waals surface area (Å²) < 4.78 is 0. The Morgan fingerprint density at radius 1 is 0.649 bits per heavy atom. The molecule has 0 rings (SSSR count). The summed E-state index contributed by atoms with van der Waals surface area (Å²) >= 11 is 0. The Hall–Kier alpha value is -1.39. The third-order valence-corrected chi connectivity index (χ3v) is 6.87. The number of allylic oxidation sites excluding steroid dienone is 5. The van der Waals surface area contributed by atoms with Gasteiger partial charge in [-0.1, -0.05) is 140 Å². The first-order valence-electron chi connectivity index (χ1n) is 15.7. The minimum absolute atomic E-state index is 0.0822. The van der Waals surface area contributed by atoms with Crippen molar-refractivity contribution < 1.29 is 15.0 Å². The molecule has 3 N–H and O–H groups in total. The largest absolute Gasteiger partial charge is 0.394 e. The number of aliphatic hydroxyl groups is 2. The molecule has 2 atom stereocenters. The topological polar surface area (TPSA) is 69.6 Å². The van der Waals surface area contributed by atoms with Crippen LogP contribution in [-0.2, 0) is 4.79 Å². The lowest BCUT2D eigenvalue weighted by Gasteiger charge is -2.19. The van der Waals surface area contributed by atoms with Crippen LogP contribution < -0.4 is 5.32 Å². The number of aliphatic hydroxyl groups excluding tert-OH is 2. The fourth-order valence-electron chi connectivity index (χ4n) is 4.45. The fourth-order valence-corrected chi connectivity index (χ4v) is 4.45. The first kappa shape index (κ1) is 35.6. The molecular formula is C33H61NO3. The molecule has 4 heteroatoms. The van der Waals surface area contributed by atoms with E-state index in [1.54, 1.807) is 6.08 Å². The molecule has 4 nitrogen and oxygen atoms in total. The second-order valence-electron chi connectivity index (χ2n) is 10.5. The van der Waals surface area contributed by atoms with Crippen LogP contribution in [0.5, 0.6) is 0 Å². The van der Waals surface area contributed by atoms with Gasteiger partial charge >= 0.3 is 0 Å². The lowest BCUT2D eigenvalue weighted by molar-refractivity contribution is -0.123. The summed E-state index contributed by atoms with van der Waals surface area (Å²) in [5.74, 6) is -0.0822. The summed E-state index contributed by atoms with van der Waals surface area (Å²) in [6, 6.07) is -0.638. The fraction of sp³-hybridized carbons (Fsp3) is 0.788. The zero-order valence-corrected chi connectivity index (χ0v) is 24.5. The van der Waals surface area contributed by atoms with Crippen molar-refractivity contribution in [2.75, 3.05) is 6.61 Å². The van der Waals surface area contributed by atoms with Gasteiger partial charge < -0.3 is 15.5 Å². The van der Waals surface area contributed by atoms with E-state index in [-0.39, 0.29) is 12.5 Å². The Morgan fingerprint density at radius 3 is 1.54 bits per heavy atom. The monoisotopic (exact) mass is 519 g/mol. The molecule has 216 valence electrons. The van der Waals surface area contributed by atoms with Gasteiger partial charge in [-0.15, -0.1) is 0 Å². The molecule has 0 fully saturated rings. The Bertz CT molecular complexity index is 570. The standard InChI is InChI=1S/C33H61NO3/c1-3-5-7-9-11-13-15-16-17-18-19-21-23-25-27-29-33(37)34-31(30-35)32(36)28-26-24-22-20-14-12-10-8-6-4-2/h6,8,14,20,26,28,31-32,35-36H,3-5,7,9-13,15-19,21-25,27,29-30H2,1-2H3,(H,34,37)/b8-6+,20-14+,28-26+. The summed E-state index contributed by atoms with van der Waals surface area (Å²) in [4.78, 5) is 12.2. The SMILES string of the molecule is CC/C=C/CC/C=C/CC/C=C/C(O)C(CO)NC(=O)CCCCCCCCCCCCCCCCC. The average Bonchev–Trinajstić information content (AvgIpc) is 2.90. The van der Waals surface area contributed by atoms with E-state index in [1.165, 1.54) is 83.5 Å². The minimum Gasteiger partial charge on any atom is -0.394 e. The third-order valence-electron chi connectivity index (χ3n) is 6.87. The quantitative estimate of drug-likeness (QED) is 0.0750. The second-order valence-corrected chi connectivity index (χ2v) is 10.5. The van der Waals surface area contributed by atoms with Gasteiger partial charge in [0.2, 0.25) is 5.91 Å². The van der Waals surface area contributed by atoms with Crippen molar-refractivity contribution in [3.8, 4) is 0 Å². The molecular weight excluding hydrogens is 458 g/mol. The van der Waals surface area contributed by atoms with Crippen molar-refractivity contribution in [3.63, 3.8) is 0 Å². The number of carbonyl (C=O) groups excluding carboxylic acids is 1. The molecule has 0 saturated heterocycles. The minimum atomic E-state index is -0.863. The van der Waals surface area contributed by atoms with Crippen molar-refractivity contribution in [2.24, 2.45) is 0 Å². The van der Waals surface area contributed by atoms with Gasteiger partial charge in [0.1, 0.15) is 0 Å². The number of hydrogen-bond donors (Lipinski definition) is 3.